The van der Waals surface area contributed by atoms with Gasteiger partial charge in [0.1, 0.15) is 0 Å². The van der Waals surface area contributed by atoms with E-state index in [-0.39, 0.29) is 16.4 Å². The second-order valence-electron chi connectivity index (χ2n) is 5.66. The third-order valence-corrected chi connectivity index (χ3v) is 6.84. The highest BCUT2D eigenvalue weighted by molar-refractivity contribution is 7.89. The van der Waals surface area contributed by atoms with Gasteiger partial charge in [0.25, 0.3) is 5.91 Å². The summed E-state index contributed by atoms with van der Waals surface area (Å²) in [7, 11) is -3.63. The Labute approximate surface area is 150 Å². The van der Waals surface area contributed by atoms with Crippen molar-refractivity contribution in [2.24, 2.45) is 0 Å². The molecule has 1 N–H and O–H groups in total. The number of carbonyl (C=O) groups is 1. The third kappa shape index (κ3) is 3.90. The Kier molecular flexibility index (Phi) is 5.19. The zero-order chi connectivity index (χ0) is 18.0. The normalized spacial score (nSPS) is 15.9. The number of aryl methyl sites for hydroxylation is 2. The summed E-state index contributed by atoms with van der Waals surface area (Å²) in [5, 5.41) is 3.22. The Hall–Kier alpha value is -1.81. The number of benzene rings is 1. The van der Waals surface area contributed by atoms with Gasteiger partial charge in [-0.25, -0.2) is 13.4 Å². The minimum atomic E-state index is -3.63. The molecule has 0 spiro atoms. The lowest BCUT2D eigenvalue weighted by molar-refractivity contribution is 0.0730. The highest BCUT2D eigenvalue weighted by atomic mass is 32.2. The van der Waals surface area contributed by atoms with Gasteiger partial charge in [0.15, 0.2) is 5.13 Å². The van der Waals surface area contributed by atoms with Crippen LogP contribution in [0.15, 0.2) is 29.2 Å². The van der Waals surface area contributed by atoms with E-state index in [1.807, 2.05) is 13.8 Å². The van der Waals surface area contributed by atoms with Gasteiger partial charge in [0.05, 0.1) is 23.8 Å². The summed E-state index contributed by atoms with van der Waals surface area (Å²) in [5.41, 5.74) is 1.14. The van der Waals surface area contributed by atoms with Gasteiger partial charge in [-0.3, -0.25) is 10.1 Å². The molecule has 0 unspecified atom stereocenters. The van der Waals surface area contributed by atoms with Crippen molar-refractivity contribution in [1.29, 1.82) is 0 Å². The summed E-state index contributed by atoms with van der Waals surface area (Å²) < 4.78 is 32.0. The smallest absolute Gasteiger partial charge is 0.257 e. The number of amides is 1. The number of nitrogens with zero attached hydrogens (tertiary/aromatic N) is 2. The summed E-state index contributed by atoms with van der Waals surface area (Å²) >= 11 is 1.39. The van der Waals surface area contributed by atoms with Crippen LogP contribution in [0.25, 0.3) is 0 Å². The first-order chi connectivity index (χ1) is 11.9. The molecule has 0 atom stereocenters. The predicted octanol–water partition coefficient (Wildman–Crippen LogP) is 2.03. The number of carbonyl (C=O) groups excluding carboxylic acids is 1. The summed E-state index contributed by atoms with van der Waals surface area (Å²) in [6.07, 6.45) is 0. The van der Waals surface area contributed by atoms with Gasteiger partial charge in [0, 0.05) is 23.5 Å². The zero-order valence-electron chi connectivity index (χ0n) is 14.0. The molecule has 9 heteroatoms. The number of rotatable bonds is 4. The molecule has 0 aliphatic carbocycles. The molecule has 3 rings (SSSR count). The van der Waals surface area contributed by atoms with Crippen molar-refractivity contribution >= 4 is 32.4 Å². The second-order valence-corrected chi connectivity index (χ2v) is 8.80. The van der Waals surface area contributed by atoms with Crippen LogP contribution in [0.3, 0.4) is 0 Å². The largest absolute Gasteiger partial charge is 0.379 e. The first-order valence-electron chi connectivity index (χ1n) is 7.81. The van der Waals surface area contributed by atoms with E-state index in [0.29, 0.717) is 31.4 Å². The molecule has 1 saturated heterocycles. The quantitative estimate of drug-likeness (QED) is 0.875. The summed E-state index contributed by atoms with van der Waals surface area (Å²) in [4.78, 5) is 17.8. The standard InChI is InChI=1S/C16H19N3O4S2/c1-11-12(2)24-16(17-11)18-15(20)13-4-3-5-14(10-13)25(21,22)19-6-8-23-9-7-19/h3-5,10H,6-9H2,1-2H3,(H,17,18,20). The molecular formula is C16H19N3O4S2. The number of hydrogen-bond acceptors (Lipinski definition) is 6. The Morgan fingerprint density at radius 1 is 1.28 bits per heavy atom. The fourth-order valence-corrected chi connectivity index (χ4v) is 4.69. The fraction of sp³-hybridized carbons (Fsp3) is 0.375. The number of aromatic nitrogens is 1. The summed E-state index contributed by atoms with van der Waals surface area (Å²) in [6.45, 7) is 5.19. The number of hydrogen-bond donors (Lipinski definition) is 1. The SMILES string of the molecule is Cc1nc(NC(=O)c2cccc(S(=O)(=O)N3CCOCC3)c2)sc1C. The van der Waals surface area contributed by atoms with E-state index in [0.717, 1.165) is 10.6 Å². The number of nitrogens with one attached hydrogen (secondary N) is 1. The van der Waals surface area contributed by atoms with Crippen LogP contribution in [0.2, 0.25) is 0 Å². The Morgan fingerprint density at radius 2 is 2.00 bits per heavy atom. The molecule has 1 aliphatic rings. The highest BCUT2D eigenvalue weighted by Crippen LogP contribution is 2.23. The molecule has 0 saturated carbocycles. The summed E-state index contributed by atoms with van der Waals surface area (Å²) in [6, 6.07) is 6.05. The molecule has 0 radical (unpaired) electrons. The number of ether oxygens (including phenoxy) is 1. The number of thiazole rings is 1. The lowest BCUT2D eigenvalue weighted by Gasteiger charge is -2.26. The Balaban J connectivity index is 1.82. The van der Waals surface area contributed by atoms with E-state index in [9.17, 15) is 13.2 Å². The van der Waals surface area contributed by atoms with Crippen LogP contribution in [-0.4, -0.2) is 49.9 Å². The van der Waals surface area contributed by atoms with E-state index in [1.165, 1.54) is 27.8 Å². The second kappa shape index (κ2) is 7.20. The van der Waals surface area contributed by atoms with Crippen LogP contribution >= 0.6 is 11.3 Å². The molecule has 25 heavy (non-hydrogen) atoms. The van der Waals surface area contributed by atoms with Gasteiger partial charge in [-0.1, -0.05) is 6.07 Å². The minimum absolute atomic E-state index is 0.105. The van der Waals surface area contributed by atoms with Crippen LogP contribution in [0.4, 0.5) is 5.13 Å². The molecule has 1 amide bonds. The van der Waals surface area contributed by atoms with E-state index in [1.54, 1.807) is 12.1 Å². The minimum Gasteiger partial charge on any atom is -0.379 e. The number of morpholine rings is 1. The predicted molar refractivity (Wildman–Crippen MR) is 95.6 cm³/mol. The van der Waals surface area contributed by atoms with Crippen LogP contribution in [0, 0.1) is 13.8 Å². The molecule has 2 heterocycles. The number of sulfonamides is 1. The fourth-order valence-electron chi connectivity index (χ4n) is 2.43. The molecule has 1 aromatic carbocycles. The highest BCUT2D eigenvalue weighted by Gasteiger charge is 2.27. The van der Waals surface area contributed by atoms with Gasteiger partial charge >= 0.3 is 0 Å². The van der Waals surface area contributed by atoms with Gasteiger partial charge in [-0.05, 0) is 32.0 Å². The topological polar surface area (TPSA) is 88.6 Å². The van der Waals surface area contributed by atoms with Crippen molar-refractivity contribution in [2.75, 3.05) is 31.6 Å². The molecule has 0 bridgehead atoms. The van der Waals surface area contributed by atoms with Crippen LogP contribution in [-0.2, 0) is 14.8 Å². The van der Waals surface area contributed by atoms with Gasteiger partial charge in [-0.15, -0.1) is 11.3 Å². The molecule has 7 nitrogen and oxygen atoms in total. The first kappa shape index (κ1) is 18.0. The molecular weight excluding hydrogens is 362 g/mol. The number of anilines is 1. The third-order valence-electron chi connectivity index (χ3n) is 3.95. The molecule has 134 valence electrons. The molecule has 1 aliphatic heterocycles. The van der Waals surface area contributed by atoms with E-state index in [2.05, 4.69) is 10.3 Å². The van der Waals surface area contributed by atoms with E-state index >= 15 is 0 Å². The summed E-state index contributed by atoms with van der Waals surface area (Å²) in [5.74, 6) is -0.382. The van der Waals surface area contributed by atoms with Gasteiger partial charge in [-0.2, -0.15) is 4.31 Å². The van der Waals surface area contributed by atoms with E-state index in [4.69, 9.17) is 4.74 Å². The van der Waals surface area contributed by atoms with Crippen LogP contribution < -0.4 is 5.32 Å². The Bertz CT molecular complexity index is 867. The van der Waals surface area contributed by atoms with Crippen molar-refractivity contribution in [1.82, 2.24) is 9.29 Å². The maximum atomic E-state index is 12.7. The van der Waals surface area contributed by atoms with Crippen molar-refractivity contribution in [3.8, 4) is 0 Å². The van der Waals surface area contributed by atoms with Crippen LogP contribution in [0.5, 0.6) is 0 Å². The lowest BCUT2D eigenvalue weighted by Crippen LogP contribution is -2.40. The van der Waals surface area contributed by atoms with Crippen molar-refractivity contribution < 1.29 is 17.9 Å². The van der Waals surface area contributed by atoms with Gasteiger partial charge in [0.2, 0.25) is 10.0 Å². The van der Waals surface area contributed by atoms with Gasteiger partial charge < -0.3 is 4.74 Å². The maximum Gasteiger partial charge on any atom is 0.257 e. The molecule has 1 aromatic heterocycles. The van der Waals surface area contributed by atoms with E-state index < -0.39 is 10.0 Å². The monoisotopic (exact) mass is 381 g/mol. The van der Waals surface area contributed by atoms with Crippen molar-refractivity contribution in [2.45, 2.75) is 18.7 Å². The van der Waals surface area contributed by atoms with Crippen LogP contribution in [0.1, 0.15) is 20.9 Å². The zero-order valence-corrected chi connectivity index (χ0v) is 15.6. The van der Waals surface area contributed by atoms with Crippen molar-refractivity contribution in [3.05, 3.63) is 40.4 Å². The molecule has 2 aromatic rings. The lowest BCUT2D eigenvalue weighted by atomic mass is 10.2. The average molecular weight is 381 g/mol. The molecule has 1 fully saturated rings. The Morgan fingerprint density at radius 3 is 2.64 bits per heavy atom. The van der Waals surface area contributed by atoms with Crippen molar-refractivity contribution in [3.63, 3.8) is 0 Å². The average Bonchev–Trinajstić information content (AvgIpc) is 2.93. The maximum absolute atomic E-state index is 12.7. The first-order valence-corrected chi connectivity index (χ1v) is 10.1.